The van der Waals surface area contributed by atoms with E-state index >= 15 is 0 Å². The molecule has 4 heteroatoms. The average molecular weight is 368 g/mol. The van der Waals surface area contributed by atoms with E-state index < -0.39 is 0 Å². The molecule has 1 aliphatic carbocycles. The van der Waals surface area contributed by atoms with E-state index in [2.05, 4.69) is 19.1 Å². The molecule has 0 unspecified atom stereocenters. The van der Waals surface area contributed by atoms with Crippen molar-refractivity contribution in [2.75, 3.05) is 32.8 Å². The number of hydrogen-bond donors (Lipinski definition) is 1. The summed E-state index contributed by atoms with van der Waals surface area (Å²) >= 11 is 0. The van der Waals surface area contributed by atoms with Crippen molar-refractivity contribution in [2.45, 2.75) is 38.6 Å². The van der Waals surface area contributed by atoms with Crippen LogP contribution in [0.4, 0.5) is 0 Å². The largest absolute Gasteiger partial charge is 0.484 e. The van der Waals surface area contributed by atoms with E-state index in [4.69, 9.17) is 4.74 Å². The first-order valence-electron chi connectivity index (χ1n) is 10.4. The van der Waals surface area contributed by atoms with Crippen LogP contribution in [-0.2, 0) is 4.79 Å². The number of amides is 1. The topological polar surface area (TPSA) is 34.0 Å². The number of piperazine rings is 1. The Hall–Kier alpha value is -2.07. The van der Waals surface area contributed by atoms with Gasteiger partial charge in [-0.1, -0.05) is 43.7 Å². The van der Waals surface area contributed by atoms with E-state index in [0.717, 1.165) is 49.3 Å². The predicted octanol–water partition coefficient (Wildman–Crippen LogP) is 2.52. The first-order valence-corrected chi connectivity index (χ1v) is 10.4. The molecule has 2 atom stereocenters. The Balaban J connectivity index is 1.26. The lowest BCUT2D eigenvalue weighted by Crippen LogP contribution is -3.18. The van der Waals surface area contributed by atoms with Crippen molar-refractivity contribution >= 4 is 16.7 Å². The fourth-order valence-electron chi connectivity index (χ4n) is 4.75. The third kappa shape index (κ3) is 4.44. The van der Waals surface area contributed by atoms with Crippen LogP contribution in [0.2, 0.25) is 0 Å². The molecule has 2 aromatic rings. The minimum Gasteiger partial charge on any atom is -0.484 e. The summed E-state index contributed by atoms with van der Waals surface area (Å²) in [7, 11) is 0. The van der Waals surface area contributed by atoms with Crippen LogP contribution in [0.25, 0.3) is 10.8 Å². The number of nitrogens with zero attached hydrogens (tertiary/aromatic N) is 1. The second-order valence-electron chi connectivity index (χ2n) is 8.31. The van der Waals surface area contributed by atoms with Crippen LogP contribution in [0.1, 0.15) is 32.6 Å². The highest BCUT2D eigenvalue weighted by atomic mass is 16.5. The molecule has 27 heavy (non-hydrogen) atoms. The third-order valence-corrected chi connectivity index (χ3v) is 6.36. The van der Waals surface area contributed by atoms with Gasteiger partial charge in [-0.3, -0.25) is 4.79 Å². The molecule has 1 saturated carbocycles. The van der Waals surface area contributed by atoms with E-state index in [1.807, 2.05) is 35.2 Å². The van der Waals surface area contributed by atoms with Gasteiger partial charge in [-0.2, -0.15) is 0 Å². The molecule has 4 rings (SSSR count). The SMILES string of the molecule is C[C@@H]1CCC[C@H]([NH+]2CCN(C(=O)COc3ccc4ccccc4c3)CC2)C1. The standard InChI is InChI=1S/C23H30N2O2/c1-18-5-4-8-21(15-18)24-11-13-25(14-12-24)23(26)17-27-22-10-9-19-6-2-3-7-20(19)16-22/h2-3,6-7,9-10,16,18,21H,4-5,8,11-15,17H2,1H3/p+1/t18-,21+/m1/s1. The molecule has 0 bridgehead atoms. The van der Waals surface area contributed by atoms with Gasteiger partial charge in [0.05, 0.1) is 32.2 Å². The molecule has 0 radical (unpaired) electrons. The van der Waals surface area contributed by atoms with Crippen LogP contribution < -0.4 is 9.64 Å². The van der Waals surface area contributed by atoms with E-state index in [0.29, 0.717) is 0 Å². The summed E-state index contributed by atoms with van der Waals surface area (Å²) in [5, 5.41) is 2.33. The zero-order valence-electron chi connectivity index (χ0n) is 16.3. The van der Waals surface area contributed by atoms with Crippen LogP contribution in [0.5, 0.6) is 5.75 Å². The molecule has 2 fully saturated rings. The summed E-state index contributed by atoms with van der Waals surface area (Å²) < 4.78 is 5.79. The maximum atomic E-state index is 12.6. The number of ether oxygens (including phenoxy) is 1. The third-order valence-electron chi connectivity index (χ3n) is 6.36. The minimum atomic E-state index is 0.110. The van der Waals surface area contributed by atoms with Gasteiger partial charge in [-0.25, -0.2) is 0 Å². The van der Waals surface area contributed by atoms with Gasteiger partial charge in [0.2, 0.25) is 0 Å². The molecule has 1 saturated heterocycles. The van der Waals surface area contributed by atoms with Crippen molar-refractivity contribution in [3.8, 4) is 5.75 Å². The molecule has 1 amide bonds. The Morgan fingerprint density at radius 3 is 2.67 bits per heavy atom. The number of carbonyl (C=O) groups excluding carboxylic acids is 1. The van der Waals surface area contributed by atoms with Crippen LogP contribution in [0.3, 0.4) is 0 Å². The van der Waals surface area contributed by atoms with Gasteiger partial charge in [0.25, 0.3) is 5.91 Å². The summed E-state index contributed by atoms with van der Waals surface area (Å²) in [6.07, 6.45) is 5.48. The van der Waals surface area contributed by atoms with E-state index in [1.165, 1.54) is 31.1 Å². The Morgan fingerprint density at radius 2 is 1.89 bits per heavy atom. The van der Waals surface area contributed by atoms with Crippen molar-refractivity contribution < 1.29 is 14.4 Å². The molecular weight excluding hydrogens is 336 g/mol. The summed E-state index contributed by atoms with van der Waals surface area (Å²) in [6, 6.07) is 15.0. The van der Waals surface area contributed by atoms with Crippen molar-refractivity contribution in [1.29, 1.82) is 0 Å². The Labute approximate surface area is 162 Å². The summed E-state index contributed by atoms with van der Waals surface area (Å²) in [6.45, 7) is 6.40. The van der Waals surface area contributed by atoms with Crippen LogP contribution in [0.15, 0.2) is 42.5 Å². The second-order valence-corrected chi connectivity index (χ2v) is 8.31. The number of benzene rings is 2. The van der Waals surface area contributed by atoms with Gasteiger partial charge in [0.15, 0.2) is 6.61 Å². The van der Waals surface area contributed by atoms with E-state index in [1.54, 1.807) is 4.90 Å². The van der Waals surface area contributed by atoms with Gasteiger partial charge in [-0.05, 0) is 41.7 Å². The molecule has 1 aliphatic heterocycles. The molecule has 2 aromatic carbocycles. The molecule has 0 spiro atoms. The lowest BCUT2D eigenvalue weighted by atomic mass is 9.86. The fourth-order valence-corrected chi connectivity index (χ4v) is 4.75. The fraction of sp³-hybridized carbons (Fsp3) is 0.522. The van der Waals surface area contributed by atoms with Gasteiger partial charge >= 0.3 is 0 Å². The lowest BCUT2D eigenvalue weighted by Gasteiger charge is -2.39. The number of quaternary nitrogens is 1. The van der Waals surface area contributed by atoms with Crippen LogP contribution in [-0.4, -0.2) is 49.6 Å². The van der Waals surface area contributed by atoms with Crippen LogP contribution >= 0.6 is 0 Å². The quantitative estimate of drug-likeness (QED) is 0.901. The minimum absolute atomic E-state index is 0.110. The Morgan fingerprint density at radius 1 is 1.11 bits per heavy atom. The zero-order valence-corrected chi connectivity index (χ0v) is 16.3. The van der Waals surface area contributed by atoms with Crippen molar-refractivity contribution in [1.82, 2.24) is 4.90 Å². The highest BCUT2D eigenvalue weighted by Crippen LogP contribution is 2.22. The normalized spacial score (nSPS) is 24.1. The Kier molecular flexibility index (Phi) is 5.63. The number of hydrogen-bond acceptors (Lipinski definition) is 2. The number of carbonyl (C=O) groups is 1. The molecular formula is C23H31N2O2+. The molecule has 2 aliphatic rings. The predicted molar refractivity (Wildman–Crippen MR) is 108 cm³/mol. The van der Waals surface area contributed by atoms with Gasteiger partial charge in [-0.15, -0.1) is 0 Å². The summed E-state index contributed by atoms with van der Waals surface area (Å²) in [4.78, 5) is 16.3. The van der Waals surface area contributed by atoms with E-state index in [9.17, 15) is 4.79 Å². The van der Waals surface area contributed by atoms with Crippen LogP contribution in [0, 0.1) is 5.92 Å². The van der Waals surface area contributed by atoms with Gasteiger partial charge < -0.3 is 14.5 Å². The monoisotopic (exact) mass is 367 g/mol. The lowest BCUT2D eigenvalue weighted by molar-refractivity contribution is -0.930. The number of nitrogens with one attached hydrogen (secondary N) is 1. The number of fused-ring (bicyclic) bond motifs is 1. The molecule has 0 aromatic heterocycles. The molecule has 1 N–H and O–H groups in total. The van der Waals surface area contributed by atoms with Crippen molar-refractivity contribution in [2.24, 2.45) is 5.92 Å². The maximum Gasteiger partial charge on any atom is 0.260 e. The Bertz CT molecular complexity index is 783. The second kappa shape index (κ2) is 8.30. The first kappa shape index (κ1) is 18.3. The van der Waals surface area contributed by atoms with Crippen molar-refractivity contribution in [3.63, 3.8) is 0 Å². The summed E-state index contributed by atoms with van der Waals surface area (Å²) in [5.74, 6) is 1.74. The summed E-state index contributed by atoms with van der Waals surface area (Å²) in [5.41, 5.74) is 0. The number of rotatable bonds is 4. The first-order chi connectivity index (χ1) is 13.2. The molecule has 4 nitrogen and oxygen atoms in total. The highest BCUT2D eigenvalue weighted by Gasteiger charge is 2.32. The van der Waals surface area contributed by atoms with E-state index in [-0.39, 0.29) is 12.5 Å². The highest BCUT2D eigenvalue weighted by molar-refractivity contribution is 5.84. The maximum absolute atomic E-state index is 12.6. The van der Waals surface area contributed by atoms with Gasteiger partial charge in [0, 0.05) is 6.42 Å². The van der Waals surface area contributed by atoms with Crippen molar-refractivity contribution in [3.05, 3.63) is 42.5 Å². The molecule has 1 heterocycles. The average Bonchev–Trinajstić information content (AvgIpc) is 2.72. The zero-order chi connectivity index (χ0) is 18.6. The molecule has 144 valence electrons. The smallest absolute Gasteiger partial charge is 0.260 e. The van der Waals surface area contributed by atoms with Gasteiger partial charge in [0.1, 0.15) is 5.75 Å².